The summed E-state index contributed by atoms with van der Waals surface area (Å²) < 4.78 is 0. The van der Waals surface area contributed by atoms with Gasteiger partial charge in [0.1, 0.15) is 0 Å². The van der Waals surface area contributed by atoms with Gasteiger partial charge in [-0.2, -0.15) is 0 Å². The number of piperidine rings is 1. The second-order valence-electron chi connectivity index (χ2n) is 5.83. The van der Waals surface area contributed by atoms with Crippen LogP contribution in [-0.4, -0.2) is 36.5 Å². The molecular formula is C15H22N2OS. The van der Waals surface area contributed by atoms with Crippen LogP contribution in [0.4, 0.5) is 0 Å². The SMILES string of the molecule is Cc1ccsc1C(=O)N(CC1CCCNC1)C1CC1. The lowest BCUT2D eigenvalue weighted by Gasteiger charge is -2.30. The summed E-state index contributed by atoms with van der Waals surface area (Å²) in [5.74, 6) is 0.902. The van der Waals surface area contributed by atoms with Crippen LogP contribution < -0.4 is 5.32 Å². The number of thiophene rings is 1. The van der Waals surface area contributed by atoms with Gasteiger partial charge in [0.15, 0.2) is 0 Å². The Morgan fingerprint density at radius 1 is 1.47 bits per heavy atom. The van der Waals surface area contributed by atoms with Gasteiger partial charge in [0.25, 0.3) is 5.91 Å². The highest BCUT2D eigenvalue weighted by atomic mass is 32.1. The van der Waals surface area contributed by atoms with Crippen LogP contribution in [0.5, 0.6) is 0 Å². The Balaban J connectivity index is 1.70. The molecule has 19 heavy (non-hydrogen) atoms. The lowest BCUT2D eigenvalue weighted by molar-refractivity contribution is 0.0708. The van der Waals surface area contributed by atoms with E-state index in [4.69, 9.17) is 0 Å². The third-order valence-electron chi connectivity index (χ3n) is 4.16. The Morgan fingerprint density at radius 3 is 2.89 bits per heavy atom. The highest BCUT2D eigenvalue weighted by Crippen LogP contribution is 2.31. The first-order valence-corrected chi connectivity index (χ1v) is 8.19. The molecule has 1 amide bonds. The van der Waals surface area contributed by atoms with Crippen molar-refractivity contribution in [2.24, 2.45) is 5.92 Å². The van der Waals surface area contributed by atoms with Crippen molar-refractivity contribution in [1.82, 2.24) is 10.2 Å². The predicted octanol–water partition coefficient (Wildman–Crippen LogP) is 2.66. The number of hydrogen-bond donors (Lipinski definition) is 1. The Kier molecular flexibility index (Phi) is 3.89. The van der Waals surface area contributed by atoms with Crippen molar-refractivity contribution in [3.05, 3.63) is 21.9 Å². The van der Waals surface area contributed by atoms with Crippen molar-refractivity contribution >= 4 is 17.2 Å². The summed E-state index contributed by atoms with van der Waals surface area (Å²) in [4.78, 5) is 15.8. The number of nitrogens with zero attached hydrogens (tertiary/aromatic N) is 1. The van der Waals surface area contributed by atoms with Crippen molar-refractivity contribution in [3.8, 4) is 0 Å². The van der Waals surface area contributed by atoms with E-state index >= 15 is 0 Å². The highest BCUT2D eigenvalue weighted by molar-refractivity contribution is 7.12. The fourth-order valence-corrected chi connectivity index (χ4v) is 3.74. The molecule has 0 radical (unpaired) electrons. The first-order valence-electron chi connectivity index (χ1n) is 7.31. The fourth-order valence-electron chi connectivity index (χ4n) is 2.86. The molecule has 2 aliphatic rings. The Bertz CT molecular complexity index is 447. The first kappa shape index (κ1) is 13.1. The maximum absolute atomic E-state index is 12.7. The smallest absolute Gasteiger partial charge is 0.264 e. The summed E-state index contributed by atoms with van der Waals surface area (Å²) in [6, 6.07) is 2.56. The van der Waals surface area contributed by atoms with E-state index < -0.39 is 0 Å². The van der Waals surface area contributed by atoms with Crippen LogP contribution in [0.3, 0.4) is 0 Å². The van der Waals surface area contributed by atoms with Crippen LogP contribution in [0.25, 0.3) is 0 Å². The molecule has 3 nitrogen and oxygen atoms in total. The van der Waals surface area contributed by atoms with E-state index in [2.05, 4.69) is 10.2 Å². The second kappa shape index (κ2) is 5.63. The van der Waals surface area contributed by atoms with E-state index in [1.165, 1.54) is 25.7 Å². The van der Waals surface area contributed by atoms with Crippen LogP contribution >= 0.6 is 11.3 Å². The molecule has 0 bridgehead atoms. The lowest BCUT2D eigenvalue weighted by Crippen LogP contribution is -2.42. The van der Waals surface area contributed by atoms with Gasteiger partial charge in [0.2, 0.25) is 0 Å². The number of nitrogens with one attached hydrogen (secondary N) is 1. The predicted molar refractivity (Wildman–Crippen MR) is 78.7 cm³/mol. The zero-order valence-corrected chi connectivity index (χ0v) is 12.3. The zero-order chi connectivity index (χ0) is 13.2. The minimum Gasteiger partial charge on any atom is -0.335 e. The van der Waals surface area contributed by atoms with Gasteiger partial charge < -0.3 is 10.2 Å². The number of aryl methyl sites for hydroxylation is 1. The maximum atomic E-state index is 12.7. The van der Waals surface area contributed by atoms with Crippen LogP contribution in [0, 0.1) is 12.8 Å². The molecule has 1 atom stereocenters. The highest BCUT2D eigenvalue weighted by Gasteiger charge is 2.35. The van der Waals surface area contributed by atoms with Crippen LogP contribution in [0.2, 0.25) is 0 Å². The monoisotopic (exact) mass is 278 g/mol. The second-order valence-corrected chi connectivity index (χ2v) is 6.75. The third-order valence-corrected chi connectivity index (χ3v) is 5.16. The standard InChI is InChI=1S/C15H22N2OS/c1-11-6-8-19-14(11)15(18)17(13-4-5-13)10-12-3-2-7-16-9-12/h6,8,12-13,16H,2-5,7,9-10H2,1H3. The quantitative estimate of drug-likeness (QED) is 0.918. The molecule has 1 aromatic heterocycles. The van der Waals surface area contributed by atoms with E-state index in [9.17, 15) is 4.79 Å². The average molecular weight is 278 g/mol. The zero-order valence-electron chi connectivity index (χ0n) is 11.5. The van der Waals surface area contributed by atoms with Gasteiger partial charge in [-0.1, -0.05) is 0 Å². The number of carbonyl (C=O) groups is 1. The molecule has 1 N–H and O–H groups in total. The molecule has 104 valence electrons. The van der Waals surface area contributed by atoms with E-state index in [-0.39, 0.29) is 5.91 Å². The van der Waals surface area contributed by atoms with E-state index in [1.807, 2.05) is 18.4 Å². The molecule has 1 unspecified atom stereocenters. The summed E-state index contributed by atoms with van der Waals surface area (Å²) in [6.07, 6.45) is 4.88. The van der Waals surface area contributed by atoms with Crippen molar-refractivity contribution < 1.29 is 4.79 Å². The van der Waals surface area contributed by atoms with Crippen LogP contribution in [-0.2, 0) is 0 Å². The summed E-state index contributed by atoms with van der Waals surface area (Å²) in [7, 11) is 0. The normalized spacial score (nSPS) is 23.3. The summed E-state index contributed by atoms with van der Waals surface area (Å²) >= 11 is 1.59. The van der Waals surface area contributed by atoms with Crippen molar-refractivity contribution in [3.63, 3.8) is 0 Å². The molecule has 2 heterocycles. The molecule has 0 spiro atoms. The molecule has 1 saturated heterocycles. The molecule has 2 fully saturated rings. The number of rotatable bonds is 4. The van der Waals surface area contributed by atoms with Gasteiger partial charge in [0, 0.05) is 12.6 Å². The molecule has 1 aromatic rings. The Morgan fingerprint density at radius 2 is 2.32 bits per heavy atom. The first-order chi connectivity index (χ1) is 9.25. The fraction of sp³-hybridized carbons (Fsp3) is 0.667. The molecule has 1 saturated carbocycles. The van der Waals surface area contributed by atoms with Gasteiger partial charge >= 0.3 is 0 Å². The summed E-state index contributed by atoms with van der Waals surface area (Å²) in [5, 5.41) is 5.47. The third kappa shape index (κ3) is 3.00. The number of carbonyl (C=O) groups excluding carboxylic acids is 1. The molecular weight excluding hydrogens is 256 g/mol. The Hall–Kier alpha value is -0.870. The molecule has 1 aliphatic heterocycles. The van der Waals surface area contributed by atoms with Crippen molar-refractivity contribution in [2.45, 2.75) is 38.6 Å². The van der Waals surface area contributed by atoms with Gasteiger partial charge in [0.05, 0.1) is 4.88 Å². The largest absolute Gasteiger partial charge is 0.335 e. The van der Waals surface area contributed by atoms with Gasteiger partial charge in [-0.05, 0) is 68.6 Å². The maximum Gasteiger partial charge on any atom is 0.264 e. The van der Waals surface area contributed by atoms with E-state index in [0.29, 0.717) is 12.0 Å². The number of hydrogen-bond acceptors (Lipinski definition) is 3. The molecule has 0 aromatic carbocycles. The van der Waals surface area contributed by atoms with Gasteiger partial charge in [-0.25, -0.2) is 0 Å². The van der Waals surface area contributed by atoms with Gasteiger partial charge in [-0.15, -0.1) is 11.3 Å². The van der Waals surface area contributed by atoms with Crippen molar-refractivity contribution in [1.29, 1.82) is 0 Å². The molecule has 3 rings (SSSR count). The Labute approximate surface area is 119 Å². The van der Waals surface area contributed by atoms with Gasteiger partial charge in [-0.3, -0.25) is 4.79 Å². The minimum atomic E-state index is 0.264. The number of amides is 1. The molecule has 4 heteroatoms. The van der Waals surface area contributed by atoms with Crippen LogP contribution in [0.15, 0.2) is 11.4 Å². The van der Waals surface area contributed by atoms with Crippen LogP contribution in [0.1, 0.15) is 40.9 Å². The molecule has 1 aliphatic carbocycles. The summed E-state index contributed by atoms with van der Waals surface area (Å²) in [6.45, 7) is 5.18. The van der Waals surface area contributed by atoms with E-state index in [0.717, 1.165) is 30.1 Å². The summed E-state index contributed by atoms with van der Waals surface area (Å²) in [5.41, 5.74) is 1.13. The van der Waals surface area contributed by atoms with E-state index in [1.54, 1.807) is 11.3 Å². The minimum absolute atomic E-state index is 0.264. The lowest BCUT2D eigenvalue weighted by atomic mass is 9.99. The average Bonchev–Trinajstić information content (AvgIpc) is 3.18. The topological polar surface area (TPSA) is 32.3 Å². The van der Waals surface area contributed by atoms with Crippen molar-refractivity contribution in [2.75, 3.05) is 19.6 Å².